The fourth-order valence-corrected chi connectivity index (χ4v) is 2.33. The third kappa shape index (κ3) is 2.32. The van der Waals surface area contributed by atoms with E-state index in [1.54, 1.807) is 22.9 Å². The van der Waals surface area contributed by atoms with Gasteiger partial charge in [0.1, 0.15) is 11.6 Å². The molecular weight excluding hydrogens is 321 g/mol. The van der Waals surface area contributed by atoms with E-state index in [1.807, 2.05) is 30.3 Å². The number of hydrogen-bond acceptors (Lipinski definition) is 2. The summed E-state index contributed by atoms with van der Waals surface area (Å²) in [6, 6.07) is 16.0. The minimum Gasteiger partial charge on any atom is -0.384 e. The number of benzene rings is 2. The molecule has 0 aliphatic carbocycles. The molecule has 20 heavy (non-hydrogen) atoms. The van der Waals surface area contributed by atoms with Gasteiger partial charge in [0.2, 0.25) is 0 Å². The molecule has 0 spiro atoms. The number of nitrogen functional groups attached to an aromatic ring is 1. The summed E-state index contributed by atoms with van der Waals surface area (Å²) in [7, 11) is 0. The lowest BCUT2D eigenvalue weighted by Crippen LogP contribution is -2.01. The zero-order valence-electron chi connectivity index (χ0n) is 10.4. The van der Waals surface area contributed by atoms with Crippen molar-refractivity contribution >= 4 is 21.7 Å². The van der Waals surface area contributed by atoms with E-state index >= 15 is 0 Å². The van der Waals surface area contributed by atoms with E-state index in [4.69, 9.17) is 5.73 Å². The molecule has 0 radical (unpaired) electrons. The molecule has 1 aromatic heterocycles. The van der Waals surface area contributed by atoms with Gasteiger partial charge in [-0.1, -0.05) is 34.1 Å². The van der Waals surface area contributed by atoms with E-state index in [-0.39, 0.29) is 5.82 Å². The van der Waals surface area contributed by atoms with Crippen LogP contribution in [0, 0.1) is 5.82 Å². The first-order valence-electron chi connectivity index (χ1n) is 6.01. The van der Waals surface area contributed by atoms with Crippen molar-refractivity contribution in [1.29, 1.82) is 0 Å². The van der Waals surface area contributed by atoms with Gasteiger partial charge < -0.3 is 5.73 Å². The van der Waals surface area contributed by atoms with Crippen molar-refractivity contribution in [2.24, 2.45) is 0 Å². The van der Waals surface area contributed by atoms with Crippen LogP contribution >= 0.6 is 15.9 Å². The van der Waals surface area contributed by atoms with Crippen LogP contribution in [0.5, 0.6) is 0 Å². The molecule has 0 aliphatic rings. The third-order valence-corrected chi connectivity index (χ3v) is 3.44. The Hall–Kier alpha value is -2.14. The molecular formula is C15H11BrFN3. The standard InChI is InChI=1S/C15H11BrFN3/c16-10-6-7-12(13(17)8-10)14-9-15(18)20(19-14)11-4-2-1-3-5-11/h1-9H,18H2. The molecule has 3 aromatic rings. The van der Waals surface area contributed by atoms with Gasteiger partial charge in [0.15, 0.2) is 0 Å². The Morgan fingerprint density at radius 3 is 2.50 bits per heavy atom. The summed E-state index contributed by atoms with van der Waals surface area (Å²) in [5.41, 5.74) is 7.74. The molecule has 0 saturated carbocycles. The van der Waals surface area contributed by atoms with Crippen LogP contribution in [0.4, 0.5) is 10.2 Å². The van der Waals surface area contributed by atoms with Gasteiger partial charge in [-0.2, -0.15) is 5.10 Å². The van der Waals surface area contributed by atoms with Crippen LogP contribution in [0.1, 0.15) is 0 Å². The zero-order valence-corrected chi connectivity index (χ0v) is 12.0. The Labute approximate surface area is 124 Å². The number of halogens is 2. The van der Waals surface area contributed by atoms with Crippen molar-refractivity contribution in [3.63, 3.8) is 0 Å². The van der Waals surface area contributed by atoms with Gasteiger partial charge >= 0.3 is 0 Å². The predicted octanol–water partition coefficient (Wildman–Crippen LogP) is 4.02. The van der Waals surface area contributed by atoms with Crippen LogP contribution in [0.2, 0.25) is 0 Å². The second kappa shape index (κ2) is 5.09. The molecule has 0 fully saturated rings. The Morgan fingerprint density at radius 1 is 1.05 bits per heavy atom. The minimum atomic E-state index is -0.336. The highest BCUT2D eigenvalue weighted by atomic mass is 79.9. The second-order valence-corrected chi connectivity index (χ2v) is 5.24. The first kappa shape index (κ1) is 12.9. The molecule has 3 nitrogen and oxygen atoms in total. The van der Waals surface area contributed by atoms with Crippen LogP contribution in [-0.4, -0.2) is 9.78 Å². The normalized spacial score (nSPS) is 10.7. The maximum absolute atomic E-state index is 14.0. The molecule has 0 amide bonds. The average Bonchev–Trinajstić information content (AvgIpc) is 2.81. The van der Waals surface area contributed by atoms with Crippen molar-refractivity contribution in [2.75, 3.05) is 5.73 Å². The van der Waals surface area contributed by atoms with Crippen LogP contribution in [0.15, 0.2) is 59.1 Å². The highest BCUT2D eigenvalue weighted by Crippen LogP contribution is 2.27. The fourth-order valence-electron chi connectivity index (χ4n) is 2.00. The van der Waals surface area contributed by atoms with Crippen molar-refractivity contribution < 1.29 is 4.39 Å². The van der Waals surface area contributed by atoms with Gasteiger partial charge in [0, 0.05) is 16.1 Å². The first-order chi connectivity index (χ1) is 9.65. The van der Waals surface area contributed by atoms with Gasteiger partial charge in [-0.3, -0.25) is 0 Å². The molecule has 1 heterocycles. The summed E-state index contributed by atoms with van der Waals surface area (Å²) in [5.74, 6) is 0.130. The fraction of sp³-hybridized carbons (Fsp3) is 0. The summed E-state index contributed by atoms with van der Waals surface area (Å²) >= 11 is 3.23. The summed E-state index contributed by atoms with van der Waals surface area (Å²) in [6.45, 7) is 0. The van der Waals surface area contributed by atoms with Crippen LogP contribution in [-0.2, 0) is 0 Å². The van der Waals surface area contributed by atoms with Crippen molar-refractivity contribution in [2.45, 2.75) is 0 Å². The monoisotopic (exact) mass is 331 g/mol. The van der Waals surface area contributed by atoms with Crippen molar-refractivity contribution in [1.82, 2.24) is 9.78 Å². The predicted molar refractivity (Wildman–Crippen MR) is 81.1 cm³/mol. The number of nitrogens with two attached hydrogens (primary N) is 1. The quantitative estimate of drug-likeness (QED) is 0.770. The van der Waals surface area contributed by atoms with Crippen LogP contribution in [0.25, 0.3) is 16.9 Å². The Kier molecular flexibility index (Phi) is 3.28. The highest BCUT2D eigenvalue weighted by molar-refractivity contribution is 9.10. The van der Waals surface area contributed by atoms with Gasteiger partial charge in [0.05, 0.1) is 11.4 Å². The number of nitrogens with zero attached hydrogens (tertiary/aromatic N) is 2. The van der Waals surface area contributed by atoms with Gasteiger partial charge in [-0.25, -0.2) is 9.07 Å². The van der Waals surface area contributed by atoms with E-state index in [2.05, 4.69) is 21.0 Å². The topological polar surface area (TPSA) is 43.8 Å². The molecule has 2 aromatic carbocycles. The molecule has 5 heteroatoms. The minimum absolute atomic E-state index is 0.336. The number of anilines is 1. The molecule has 100 valence electrons. The molecule has 0 bridgehead atoms. The van der Waals surface area contributed by atoms with Gasteiger partial charge in [-0.05, 0) is 30.3 Å². The van der Waals surface area contributed by atoms with Gasteiger partial charge in [0.25, 0.3) is 0 Å². The van der Waals surface area contributed by atoms with E-state index < -0.39 is 0 Å². The van der Waals surface area contributed by atoms with Crippen LogP contribution < -0.4 is 5.73 Å². The number of para-hydroxylation sites is 1. The van der Waals surface area contributed by atoms with E-state index in [9.17, 15) is 4.39 Å². The highest BCUT2D eigenvalue weighted by Gasteiger charge is 2.12. The molecule has 0 saturated heterocycles. The average molecular weight is 332 g/mol. The molecule has 2 N–H and O–H groups in total. The van der Waals surface area contributed by atoms with E-state index in [1.165, 1.54) is 6.07 Å². The van der Waals surface area contributed by atoms with E-state index in [0.29, 0.717) is 21.5 Å². The summed E-state index contributed by atoms with van der Waals surface area (Å²) in [5, 5.41) is 4.38. The largest absolute Gasteiger partial charge is 0.384 e. The lowest BCUT2D eigenvalue weighted by atomic mass is 10.1. The summed E-state index contributed by atoms with van der Waals surface area (Å²) in [4.78, 5) is 0. The maximum Gasteiger partial charge on any atom is 0.133 e. The van der Waals surface area contributed by atoms with Crippen molar-refractivity contribution in [3.05, 3.63) is 64.9 Å². The van der Waals surface area contributed by atoms with E-state index in [0.717, 1.165) is 5.69 Å². The molecule has 0 unspecified atom stereocenters. The SMILES string of the molecule is Nc1cc(-c2ccc(Br)cc2F)nn1-c1ccccc1. The second-order valence-electron chi connectivity index (χ2n) is 4.33. The first-order valence-corrected chi connectivity index (χ1v) is 6.81. The molecule has 0 aliphatic heterocycles. The number of rotatable bonds is 2. The number of hydrogen-bond donors (Lipinski definition) is 1. The molecule has 3 rings (SSSR count). The lowest BCUT2D eigenvalue weighted by molar-refractivity contribution is 0.629. The Balaban J connectivity index is 2.09. The lowest BCUT2D eigenvalue weighted by Gasteiger charge is -2.03. The summed E-state index contributed by atoms with van der Waals surface area (Å²) in [6.07, 6.45) is 0. The zero-order chi connectivity index (χ0) is 14.1. The number of aromatic nitrogens is 2. The summed E-state index contributed by atoms with van der Waals surface area (Å²) < 4.78 is 16.2. The maximum atomic E-state index is 14.0. The van der Waals surface area contributed by atoms with Crippen molar-refractivity contribution in [3.8, 4) is 16.9 Å². The Morgan fingerprint density at radius 2 is 1.80 bits per heavy atom. The molecule has 0 atom stereocenters. The van der Waals surface area contributed by atoms with Gasteiger partial charge in [-0.15, -0.1) is 0 Å². The van der Waals surface area contributed by atoms with Crippen LogP contribution in [0.3, 0.4) is 0 Å². The third-order valence-electron chi connectivity index (χ3n) is 2.94. The Bertz CT molecular complexity index is 753. The smallest absolute Gasteiger partial charge is 0.133 e.